The standard InChI is InChI=1S/C88H104N2.C44H28N2/c1-85(2,3)67-47-68(86(4,5)6)50-73(49-67)89(71-42-63(78-36-53-22-26-59(78)32-53)40-64(43-71)79-37-54-23-27-60(79)33-54)83-75-20-16-17-21-76(75)84(82-46-58(30-31-77(82)83)57-18-14-13-15-19-57)90(74-51-69(87(7,8)9)48-70(52-74)88(10,11)12)72-44-65(80-38-55-24-28-61(80)34-55)41-66(45-72)81-39-56-25-29-62(81)35-56;1-3-13-31(14-4-1)39-27-41(35-21-19-29-11-7-9-17-33(29)25-35)45-43-37(39)23-24-38-40(32-15-5-2-6-16-32)28-42(46-44(38)43)36-22-20-30-12-8-10-18-34(30)26-36/h13-21,30-31,40-56,59-62,78-81H,22-29,32-39H2,1-12H3;1-28H. The molecule has 8 aliphatic rings. The summed E-state index contributed by atoms with van der Waals surface area (Å²) in [6, 6.07) is 121. The van der Waals surface area contributed by atoms with Crippen molar-refractivity contribution >= 4 is 99.0 Å². The highest BCUT2D eigenvalue weighted by atomic mass is 15.2. The predicted molar refractivity (Wildman–Crippen MR) is 578 cm³/mol. The highest BCUT2D eigenvalue weighted by Gasteiger charge is 2.47. The second kappa shape index (κ2) is 33.9. The van der Waals surface area contributed by atoms with Crippen molar-refractivity contribution in [3.8, 4) is 55.9 Å². The Morgan fingerprint density at radius 3 is 0.860 bits per heavy atom. The van der Waals surface area contributed by atoms with E-state index in [0.717, 1.165) is 114 Å². The van der Waals surface area contributed by atoms with Gasteiger partial charge in [0.2, 0.25) is 0 Å². The molecule has 680 valence electrons. The SMILES string of the molecule is CC(C)(C)c1cc(N(c2cc(C3CC4CCC3C4)cc(C3CC4CCC3C4)c2)c2c3ccccc3c(N(c3cc(C4CC5CCC4C5)cc(C4CC5CCC4C5)c3)c3cc(C(C)(C)C)cc(C(C)(C)C)c3)c3cc(-c4ccccc4)ccc23)cc(C(C)(C)C)c1.c1ccc(-c2cc(-c3ccc4ccccc4c3)nc3c2ccc2c(-c4ccccc4)cc(-c4ccc5ccccc5c4)nc23)cc1. The fourth-order valence-corrected chi connectivity index (χ4v) is 27.2. The Balaban J connectivity index is 0.000000183. The molecule has 8 saturated carbocycles. The average Bonchev–Trinajstić information content (AvgIpc) is 0.944. The van der Waals surface area contributed by atoms with Gasteiger partial charge in [-0.05, 0) is 348 Å². The molecule has 2 heterocycles. The number of hydrogen-bond acceptors (Lipinski definition) is 4. The monoisotopic (exact) mass is 1770 g/mol. The van der Waals surface area contributed by atoms with E-state index < -0.39 is 0 Å². The van der Waals surface area contributed by atoms with Crippen molar-refractivity contribution in [1.82, 2.24) is 9.97 Å². The van der Waals surface area contributed by atoms with Gasteiger partial charge in [-0.1, -0.05) is 345 Å². The van der Waals surface area contributed by atoms with Gasteiger partial charge in [-0.3, -0.25) is 0 Å². The van der Waals surface area contributed by atoms with E-state index in [0.29, 0.717) is 23.7 Å². The van der Waals surface area contributed by atoms with Crippen LogP contribution in [0.3, 0.4) is 0 Å². The summed E-state index contributed by atoms with van der Waals surface area (Å²) in [5.74, 6) is 9.07. The van der Waals surface area contributed by atoms with E-state index in [-0.39, 0.29) is 21.7 Å². The normalized spacial score (nSPS) is 22.2. The Bertz CT molecular complexity index is 7180. The summed E-state index contributed by atoms with van der Waals surface area (Å²) >= 11 is 0. The molecule has 8 bridgehead atoms. The molecule has 4 nitrogen and oxygen atoms in total. The zero-order valence-corrected chi connectivity index (χ0v) is 82.1. The average molecular weight is 1770 g/mol. The highest BCUT2D eigenvalue weighted by Crippen LogP contribution is 2.62. The van der Waals surface area contributed by atoms with Crippen molar-refractivity contribution in [3.63, 3.8) is 0 Å². The van der Waals surface area contributed by atoms with E-state index in [4.69, 9.17) is 9.97 Å². The van der Waals surface area contributed by atoms with Crippen LogP contribution >= 0.6 is 0 Å². The lowest BCUT2D eigenvalue weighted by Gasteiger charge is -2.37. The third-order valence-electron chi connectivity index (χ3n) is 34.5. The van der Waals surface area contributed by atoms with Gasteiger partial charge < -0.3 is 9.80 Å². The summed E-state index contributed by atoms with van der Waals surface area (Å²) < 4.78 is 0. The Kier molecular flexibility index (Phi) is 21.6. The van der Waals surface area contributed by atoms with Crippen molar-refractivity contribution in [2.75, 3.05) is 9.80 Å². The van der Waals surface area contributed by atoms with Crippen LogP contribution in [0.1, 0.15) is 254 Å². The van der Waals surface area contributed by atoms with E-state index in [9.17, 15) is 0 Å². The van der Waals surface area contributed by atoms with Crippen LogP contribution < -0.4 is 9.80 Å². The van der Waals surface area contributed by atoms with E-state index in [1.165, 1.54) is 213 Å². The number of rotatable bonds is 15. The van der Waals surface area contributed by atoms with E-state index >= 15 is 0 Å². The van der Waals surface area contributed by atoms with Crippen molar-refractivity contribution in [2.24, 2.45) is 47.3 Å². The van der Waals surface area contributed by atoms with E-state index in [1.54, 1.807) is 22.3 Å². The molecule has 0 radical (unpaired) electrons. The van der Waals surface area contributed by atoms with Gasteiger partial charge in [0, 0.05) is 66.2 Å². The molecule has 0 saturated heterocycles. The van der Waals surface area contributed by atoms with E-state index in [2.05, 4.69) is 408 Å². The smallest absolute Gasteiger partial charge is 0.0978 e. The van der Waals surface area contributed by atoms with Gasteiger partial charge in [-0.15, -0.1) is 0 Å². The number of aromatic nitrogens is 2. The molecule has 15 aromatic carbocycles. The minimum Gasteiger partial charge on any atom is -0.309 e. The Labute approximate surface area is 807 Å². The van der Waals surface area contributed by atoms with Crippen LogP contribution in [-0.2, 0) is 21.7 Å². The molecular weight excluding hydrogens is 1640 g/mol. The summed E-state index contributed by atoms with van der Waals surface area (Å²) in [5.41, 5.74) is 32.6. The predicted octanol–water partition coefficient (Wildman–Crippen LogP) is 37.2. The molecular formula is C132H132N4. The molecule has 0 aliphatic heterocycles. The Morgan fingerprint density at radius 1 is 0.221 bits per heavy atom. The van der Waals surface area contributed by atoms with Crippen molar-refractivity contribution in [1.29, 1.82) is 0 Å². The summed E-state index contributed by atoms with van der Waals surface area (Å²) in [7, 11) is 0. The van der Waals surface area contributed by atoms with Gasteiger partial charge in [0.25, 0.3) is 0 Å². The minimum atomic E-state index is -0.0766. The third-order valence-corrected chi connectivity index (χ3v) is 34.5. The molecule has 25 rings (SSSR count). The first-order chi connectivity index (χ1) is 65.8. The largest absolute Gasteiger partial charge is 0.309 e. The third kappa shape index (κ3) is 16.0. The quantitative estimate of drug-likeness (QED) is 0.0582. The maximum absolute atomic E-state index is 5.42. The van der Waals surface area contributed by atoms with Crippen LogP contribution in [-0.4, -0.2) is 9.97 Å². The van der Waals surface area contributed by atoms with Gasteiger partial charge in [0.15, 0.2) is 0 Å². The van der Waals surface area contributed by atoms with Crippen molar-refractivity contribution < 1.29 is 0 Å². The van der Waals surface area contributed by atoms with Crippen LogP contribution in [0.15, 0.2) is 315 Å². The zero-order chi connectivity index (χ0) is 92.4. The summed E-state index contributed by atoms with van der Waals surface area (Å²) in [6.45, 7) is 29.2. The van der Waals surface area contributed by atoms with Gasteiger partial charge in [-0.25, -0.2) is 9.97 Å². The van der Waals surface area contributed by atoms with E-state index in [1.807, 2.05) is 0 Å². The van der Waals surface area contributed by atoms with Crippen LogP contribution in [0.5, 0.6) is 0 Å². The molecule has 17 aromatic rings. The van der Waals surface area contributed by atoms with Crippen molar-refractivity contribution in [3.05, 3.63) is 360 Å². The molecule has 12 unspecified atom stereocenters. The second-order valence-corrected chi connectivity index (χ2v) is 47.2. The molecule has 12 atom stereocenters. The van der Waals surface area contributed by atoms with Crippen LogP contribution in [0.2, 0.25) is 0 Å². The first-order valence-corrected chi connectivity index (χ1v) is 51.9. The molecule has 0 spiro atoms. The minimum absolute atomic E-state index is 0.0725. The first kappa shape index (κ1) is 86.6. The van der Waals surface area contributed by atoms with Crippen LogP contribution in [0.4, 0.5) is 34.1 Å². The maximum atomic E-state index is 5.42. The maximum Gasteiger partial charge on any atom is 0.0978 e. The van der Waals surface area contributed by atoms with Gasteiger partial charge >= 0.3 is 0 Å². The van der Waals surface area contributed by atoms with Gasteiger partial charge in [0.05, 0.1) is 33.8 Å². The number of fused-ring (bicyclic) bond motifs is 15. The first-order valence-electron chi connectivity index (χ1n) is 51.9. The zero-order valence-electron chi connectivity index (χ0n) is 82.1. The lowest BCUT2D eigenvalue weighted by Crippen LogP contribution is -2.21. The molecule has 8 fully saturated rings. The number of anilines is 6. The summed E-state index contributed by atoms with van der Waals surface area (Å²) in [6.07, 6.45) is 22.2. The molecule has 4 heteroatoms. The fourth-order valence-electron chi connectivity index (χ4n) is 27.2. The number of benzene rings is 15. The summed E-state index contributed by atoms with van der Waals surface area (Å²) in [5, 5.41) is 12.2. The number of pyridine rings is 2. The van der Waals surface area contributed by atoms with Gasteiger partial charge in [-0.2, -0.15) is 0 Å². The van der Waals surface area contributed by atoms with Crippen LogP contribution in [0.25, 0.3) is 121 Å². The number of nitrogens with zero attached hydrogens (tertiary/aromatic N) is 4. The lowest BCUT2D eigenvalue weighted by atomic mass is 9.78. The number of hydrogen-bond donors (Lipinski definition) is 0. The summed E-state index contributed by atoms with van der Waals surface area (Å²) in [4.78, 5) is 16.5. The molecule has 2 aromatic heterocycles. The topological polar surface area (TPSA) is 32.3 Å². The lowest BCUT2D eigenvalue weighted by molar-refractivity contribution is 0.412. The molecule has 136 heavy (non-hydrogen) atoms. The fraction of sp³-hybridized carbons (Fsp3) is 0.333. The second-order valence-electron chi connectivity index (χ2n) is 47.2. The Hall–Kier alpha value is -12.2. The molecule has 0 amide bonds. The highest BCUT2D eigenvalue weighted by molar-refractivity contribution is 6.24. The van der Waals surface area contributed by atoms with Crippen molar-refractivity contribution in [2.45, 2.75) is 231 Å². The Morgan fingerprint density at radius 2 is 0.522 bits per heavy atom. The van der Waals surface area contributed by atoms with Crippen LogP contribution in [0, 0.1) is 47.3 Å². The molecule has 8 aliphatic carbocycles. The molecule has 0 N–H and O–H groups in total. The van der Waals surface area contributed by atoms with Gasteiger partial charge in [0.1, 0.15) is 0 Å².